The summed E-state index contributed by atoms with van der Waals surface area (Å²) in [5.74, 6) is 0.105. The van der Waals surface area contributed by atoms with Gasteiger partial charge in [0, 0.05) is 44.3 Å². The Hall–Kier alpha value is -1.93. The van der Waals surface area contributed by atoms with Crippen LogP contribution in [0.15, 0.2) is 29.1 Å². The van der Waals surface area contributed by atoms with Crippen molar-refractivity contribution in [3.8, 4) is 0 Å². The number of carbonyl (C=O) groups is 2. The van der Waals surface area contributed by atoms with Gasteiger partial charge in [0.1, 0.15) is 6.04 Å². The van der Waals surface area contributed by atoms with Gasteiger partial charge in [-0.25, -0.2) is 4.98 Å². The zero-order valence-corrected chi connectivity index (χ0v) is 16.2. The lowest BCUT2D eigenvalue weighted by Gasteiger charge is -2.40. The molecule has 1 atom stereocenters. The summed E-state index contributed by atoms with van der Waals surface area (Å²) < 4.78 is 0. The van der Waals surface area contributed by atoms with Crippen LogP contribution in [0.5, 0.6) is 0 Å². The zero-order valence-electron chi connectivity index (χ0n) is 14.5. The minimum Gasteiger partial charge on any atom is -0.345 e. The molecule has 2 aromatic rings. The quantitative estimate of drug-likeness (QED) is 0.808. The summed E-state index contributed by atoms with van der Waals surface area (Å²) in [4.78, 5) is 37.0. The highest BCUT2D eigenvalue weighted by Crippen LogP contribution is 2.24. The maximum Gasteiger partial charge on any atom is 0.264 e. The summed E-state index contributed by atoms with van der Waals surface area (Å²) >= 11 is 3.07. The third-order valence-corrected chi connectivity index (χ3v) is 6.75. The van der Waals surface area contributed by atoms with Crippen molar-refractivity contribution in [2.75, 3.05) is 37.6 Å². The largest absolute Gasteiger partial charge is 0.345 e. The number of amides is 2. The highest BCUT2D eigenvalue weighted by molar-refractivity contribution is 7.13. The number of anilines is 1. The molecule has 4 heterocycles. The van der Waals surface area contributed by atoms with E-state index in [1.54, 1.807) is 16.2 Å². The summed E-state index contributed by atoms with van der Waals surface area (Å²) in [6.07, 6.45) is 4.55. The number of rotatable bonds is 3. The van der Waals surface area contributed by atoms with Crippen LogP contribution in [-0.2, 0) is 4.79 Å². The van der Waals surface area contributed by atoms with E-state index in [0.29, 0.717) is 19.6 Å². The van der Waals surface area contributed by atoms with Crippen LogP contribution >= 0.6 is 22.7 Å². The van der Waals surface area contributed by atoms with Crippen LogP contribution in [0.3, 0.4) is 0 Å². The Kier molecular flexibility index (Phi) is 5.21. The molecule has 2 amide bonds. The Bertz CT molecular complexity index is 739. The zero-order chi connectivity index (χ0) is 17.9. The summed E-state index contributed by atoms with van der Waals surface area (Å²) in [6, 6.07) is 3.41. The van der Waals surface area contributed by atoms with Crippen LogP contribution in [0.1, 0.15) is 28.9 Å². The normalized spacial score (nSPS) is 21.1. The standard InChI is InChI=1S/C18H22N4O2S2/c23-16(20-8-10-21(11-9-20)18-19-6-13-26-18)14-4-1-2-7-22(14)17(24)15-5-3-12-25-15/h3,5-6,12-14H,1-2,4,7-11H2. The first-order chi connectivity index (χ1) is 12.7. The number of nitrogens with zero attached hydrogens (tertiary/aromatic N) is 4. The summed E-state index contributed by atoms with van der Waals surface area (Å²) in [5.41, 5.74) is 0. The summed E-state index contributed by atoms with van der Waals surface area (Å²) in [6.45, 7) is 3.65. The van der Waals surface area contributed by atoms with Crippen LogP contribution in [0.4, 0.5) is 5.13 Å². The molecule has 4 rings (SSSR count). The molecular formula is C18H22N4O2S2. The van der Waals surface area contributed by atoms with Gasteiger partial charge in [0.15, 0.2) is 5.13 Å². The van der Waals surface area contributed by atoms with Crippen LogP contribution < -0.4 is 4.90 Å². The molecule has 8 heteroatoms. The average molecular weight is 391 g/mol. The van der Waals surface area contributed by atoms with Gasteiger partial charge >= 0.3 is 0 Å². The number of likely N-dealkylation sites (tertiary alicyclic amines) is 1. The number of hydrogen-bond acceptors (Lipinski definition) is 6. The van der Waals surface area contributed by atoms with E-state index in [-0.39, 0.29) is 17.9 Å². The summed E-state index contributed by atoms with van der Waals surface area (Å²) in [7, 11) is 0. The molecule has 2 aromatic heterocycles. The predicted molar refractivity (Wildman–Crippen MR) is 104 cm³/mol. The number of aromatic nitrogens is 1. The molecule has 0 bridgehead atoms. The van der Waals surface area contributed by atoms with Crippen molar-refractivity contribution in [1.29, 1.82) is 0 Å². The first-order valence-corrected chi connectivity index (χ1v) is 10.8. The topological polar surface area (TPSA) is 56.8 Å². The van der Waals surface area contributed by atoms with Gasteiger partial charge in [-0.3, -0.25) is 9.59 Å². The fraction of sp³-hybridized carbons (Fsp3) is 0.500. The highest BCUT2D eigenvalue weighted by atomic mass is 32.1. The van der Waals surface area contributed by atoms with Gasteiger partial charge in [-0.1, -0.05) is 6.07 Å². The second-order valence-corrected chi connectivity index (χ2v) is 8.44. The monoisotopic (exact) mass is 390 g/mol. The molecule has 0 radical (unpaired) electrons. The molecule has 0 saturated carbocycles. The van der Waals surface area contributed by atoms with Gasteiger partial charge in [-0.15, -0.1) is 22.7 Å². The van der Waals surface area contributed by atoms with E-state index in [1.807, 2.05) is 34.0 Å². The molecule has 138 valence electrons. The van der Waals surface area contributed by atoms with Gasteiger partial charge in [-0.2, -0.15) is 0 Å². The fourth-order valence-corrected chi connectivity index (χ4v) is 5.05. The SMILES string of the molecule is O=C(C1CCCCN1C(=O)c1cccs1)N1CCN(c2nccs2)CC1. The van der Waals surface area contributed by atoms with Gasteiger partial charge < -0.3 is 14.7 Å². The smallest absolute Gasteiger partial charge is 0.264 e. The van der Waals surface area contributed by atoms with Gasteiger partial charge in [0.2, 0.25) is 5.91 Å². The van der Waals surface area contributed by atoms with E-state index < -0.39 is 0 Å². The Labute approximate surface area is 161 Å². The van der Waals surface area contributed by atoms with Crippen molar-refractivity contribution in [3.05, 3.63) is 34.0 Å². The number of piperidine rings is 1. The second kappa shape index (κ2) is 7.75. The van der Waals surface area contributed by atoms with E-state index in [0.717, 1.165) is 42.4 Å². The van der Waals surface area contributed by atoms with Crippen molar-refractivity contribution < 1.29 is 9.59 Å². The van der Waals surface area contributed by atoms with E-state index in [2.05, 4.69) is 9.88 Å². The molecule has 1 unspecified atom stereocenters. The molecule has 2 saturated heterocycles. The number of piperazine rings is 1. The lowest BCUT2D eigenvalue weighted by Crippen LogP contribution is -2.57. The molecule has 0 N–H and O–H groups in total. The van der Waals surface area contributed by atoms with Gasteiger partial charge in [0.05, 0.1) is 4.88 Å². The van der Waals surface area contributed by atoms with E-state index in [1.165, 1.54) is 11.3 Å². The number of thiophene rings is 1. The van der Waals surface area contributed by atoms with E-state index in [4.69, 9.17) is 0 Å². The van der Waals surface area contributed by atoms with Crippen LogP contribution in [0.2, 0.25) is 0 Å². The third kappa shape index (κ3) is 3.48. The molecule has 2 aliphatic heterocycles. The van der Waals surface area contributed by atoms with Crippen LogP contribution in [0.25, 0.3) is 0 Å². The number of hydrogen-bond donors (Lipinski definition) is 0. The van der Waals surface area contributed by atoms with E-state index in [9.17, 15) is 9.59 Å². The lowest BCUT2D eigenvalue weighted by molar-refractivity contribution is -0.137. The molecule has 26 heavy (non-hydrogen) atoms. The maximum absolute atomic E-state index is 13.1. The Morgan fingerprint density at radius 2 is 1.88 bits per heavy atom. The molecule has 2 aliphatic rings. The Morgan fingerprint density at radius 1 is 1.04 bits per heavy atom. The molecular weight excluding hydrogens is 368 g/mol. The number of carbonyl (C=O) groups excluding carboxylic acids is 2. The van der Waals surface area contributed by atoms with Crippen molar-refractivity contribution >= 4 is 39.6 Å². The lowest BCUT2D eigenvalue weighted by atomic mass is 10.00. The predicted octanol–water partition coefficient (Wildman–Crippen LogP) is 2.55. The fourth-order valence-electron chi connectivity index (χ4n) is 3.67. The van der Waals surface area contributed by atoms with Crippen LogP contribution in [-0.4, -0.2) is 65.4 Å². The minimum atomic E-state index is -0.315. The van der Waals surface area contributed by atoms with Crippen molar-refractivity contribution in [3.63, 3.8) is 0 Å². The third-order valence-electron chi connectivity index (χ3n) is 5.06. The molecule has 0 aromatic carbocycles. The molecule has 0 spiro atoms. The molecule has 0 aliphatic carbocycles. The molecule has 2 fully saturated rings. The van der Waals surface area contributed by atoms with Crippen LogP contribution in [0, 0.1) is 0 Å². The van der Waals surface area contributed by atoms with E-state index >= 15 is 0 Å². The Morgan fingerprint density at radius 3 is 2.58 bits per heavy atom. The van der Waals surface area contributed by atoms with Crippen molar-refractivity contribution in [2.24, 2.45) is 0 Å². The van der Waals surface area contributed by atoms with Crippen molar-refractivity contribution in [1.82, 2.24) is 14.8 Å². The first kappa shape index (κ1) is 17.5. The average Bonchev–Trinajstić information content (AvgIpc) is 3.41. The highest BCUT2D eigenvalue weighted by Gasteiger charge is 2.36. The number of thiazole rings is 1. The first-order valence-electron chi connectivity index (χ1n) is 9.02. The Balaban J connectivity index is 1.42. The van der Waals surface area contributed by atoms with Crippen molar-refractivity contribution in [2.45, 2.75) is 25.3 Å². The maximum atomic E-state index is 13.1. The van der Waals surface area contributed by atoms with Gasteiger partial charge in [0.25, 0.3) is 5.91 Å². The minimum absolute atomic E-state index is 0.000489. The van der Waals surface area contributed by atoms with Gasteiger partial charge in [-0.05, 0) is 30.7 Å². The molecule has 6 nitrogen and oxygen atoms in total. The second-order valence-electron chi connectivity index (χ2n) is 6.61. The summed E-state index contributed by atoms with van der Waals surface area (Å²) in [5, 5.41) is 4.90.